The smallest absolute Gasteiger partial charge is 0.191 e. The second kappa shape index (κ2) is 12.0. The molecule has 1 fully saturated rings. The molecule has 0 radical (unpaired) electrons. The lowest BCUT2D eigenvalue weighted by molar-refractivity contribution is 0.258. The monoisotopic (exact) mass is 544 g/mol. The Kier molecular flexibility index (Phi) is 9.11. The molecule has 1 aliphatic heterocycles. The predicted octanol–water partition coefficient (Wildman–Crippen LogP) is 3.88. The zero-order valence-electron chi connectivity index (χ0n) is 18.8. The molecule has 2 N–H and O–H groups in total. The van der Waals surface area contributed by atoms with Crippen LogP contribution in [0.3, 0.4) is 0 Å². The summed E-state index contributed by atoms with van der Waals surface area (Å²) in [7, 11) is 1.83. The number of imidazole rings is 1. The van der Waals surface area contributed by atoms with Crippen molar-refractivity contribution in [1.29, 1.82) is 0 Å². The molecule has 0 saturated carbocycles. The highest BCUT2D eigenvalue weighted by Crippen LogP contribution is 2.20. The number of hydrogen-bond donors (Lipinski definition) is 2. The third-order valence-electron chi connectivity index (χ3n) is 5.91. The first-order valence-corrected chi connectivity index (χ1v) is 11.0. The van der Waals surface area contributed by atoms with E-state index in [-0.39, 0.29) is 24.0 Å². The highest BCUT2D eigenvalue weighted by molar-refractivity contribution is 14.0. The summed E-state index contributed by atoms with van der Waals surface area (Å²) >= 11 is 0. The van der Waals surface area contributed by atoms with Crippen LogP contribution in [0.5, 0.6) is 0 Å². The van der Waals surface area contributed by atoms with E-state index >= 15 is 0 Å². The molecule has 7 heteroatoms. The fourth-order valence-corrected chi connectivity index (χ4v) is 4.22. The number of aromatic nitrogens is 2. The molecular formula is C25H33IN6. The van der Waals surface area contributed by atoms with E-state index in [0.29, 0.717) is 18.6 Å². The van der Waals surface area contributed by atoms with Gasteiger partial charge in [-0.05, 0) is 24.5 Å². The minimum atomic E-state index is 0. The third-order valence-corrected chi connectivity index (χ3v) is 5.91. The zero-order valence-corrected chi connectivity index (χ0v) is 21.1. The molecule has 2 aromatic carbocycles. The molecule has 170 valence electrons. The first kappa shape index (κ1) is 24.3. The van der Waals surface area contributed by atoms with Crippen molar-refractivity contribution in [3.63, 3.8) is 0 Å². The van der Waals surface area contributed by atoms with E-state index in [9.17, 15) is 0 Å². The summed E-state index contributed by atoms with van der Waals surface area (Å²) in [5, 5.41) is 7.04. The normalized spacial score (nSPS) is 18.9. The van der Waals surface area contributed by atoms with Gasteiger partial charge in [-0.15, -0.1) is 24.0 Å². The standard InChI is InChI=1S/C25H32N6.HI/c1-20-15-23(19-31(20)18-22-11-7-4-8-12-22)29-25(26-2)28-16-24-27-13-14-30(24)17-21-9-5-3-6-10-21;/h3-14,20,23H,15-19H2,1-2H3,(H2,26,28,29);1H. The van der Waals surface area contributed by atoms with E-state index in [4.69, 9.17) is 0 Å². The van der Waals surface area contributed by atoms with Crippen LogP contribution in [0.2, 0.25) is 0 Å². The third kappa shape index (κ3) is 6.56. The Balaban J connectivity index is 0.00000289. The number of guanidine groups is 1. The minimum Gasteiger partial charge on any atom is -0.352 e. The van der Waals surface area contributed by atoms with Gasteiger partial charge in [0.15, 0.2) is 5.96 Å². The van der Waals surface area contributed by atoms with Crippen molar-refractivity contribution in [2.75, 3.05) is 13.6 Å². The summed E-state index contributed by atoms with van der Waals surface area (Å²) in [6, 6.07) is 22.1. The Morgan fingerprint density at radius 3 is 2.34 bits per heavy atom. The van der Waals surface area contributed by atoms with Crippen molar-refractivity contribution in [2.24, 2.45) is 4.99 Å². The van der Waals surface area contributed by atoms with Gasteiger partial charge in [0, 0.05) is 51.2 Å². The SMILES string of the molecule is CN=C(NCc1nccn1Cc1ccccc1)NC1CC(C)N(Cc2ccccc2)C1.I. The van der Waals surface area contributed by atoms with Crippen molar-refractivity contribution < 1.29 is 0 Å². The quantitative estimate of drug-likeness (QED) is 0.270. The average Bonchev–Trinajstić information content (AvgIpc) is 3.38. The first-order valence-electron chi connectivity index (χ1n) is 11.0. The molecule has 6 nitrogen and oxygen atoms in total. The molecule has 2 atom stereocenters. The first-order chi connectivity index (χ1) is 15.2. The molecule has 2 unspecified atom stereocenters. The van der Waals surface area contributed by atoms with Crippen LogP contribution in [0.4, 0.5) is 0 Å². The zero-order chi connectivity index (χ0) is 21.5. The molecule has 0 spiro atoms. The van der Waals surface area contributed by atoms with E-state index in [1.54, 1.807) is 0 Å². The second-order valence-corrected chi connectivity index (χ2v) is 8.22. The van der Waals surface area contributed by atoms with E-state index in [0.717, 1.165) is 37.8 Å². The fourth-order valence-electron chi connectivity index (χ4n) is 4.22. The van der Waals surface area contributed by atoms with Gasteiger partial charge >= 0.3 is 0 Å². The molecule has 0 bridgehead atoms. The number of benzene rings is 2. The maximum Gasteiger partial charge on any atom is 0.191 e. The number of aliphatic imine (C=N–C) groups is 1. The number of halogens is 1. The molecule has 3 aromatic rings. The molecule has 1 saturated heterocycles. The van der Waals surface area contributed by atoms with Gasteiger partial charge in [-0.2, -0.15) is 0 Å². The molecule has 32 heavy (non-hydrogen) atoms. The van der Waals surface area contributed by atoms with E-state index < -0.39 is 0 Å². The Morgan fingerprint density at radius 1 is 1.03 bits per heavy atom. The fraction of sp³-hybridized carbons (Fsp3) is 0.360. The minimum absolute atomic E-state index is 0. The molecule has 4 rings (SSSR count). The van der Waals surface area contributed by atoms with Gasteiger partial charge in [0.2, 0.25) is 0 Å². The van der Waals surface area contributed by atoms with E-state index in [1.807, 2.05) is 25.5 Å². The second-order valence-electron chi connectivity index (χ2n) is 8.22. The van der Waals surface area contributed by atoms with Crippen molar-refractivity contribution >= 4 is 29.9 Å². The van der Waals surface area contributed by atoms with Gasteiger partial charge in [0.1, 0.15) is 5.82 Å². The molecule has 2 heterocycles. The number of likely N-dealkylation sites (tertiary alicyclic amines) is 1. The van der Waals surface area contributed by atoms with Gasteiger partial charge in [0.05, 0.1) is 6.54 Å². The van der Waals surface area contributed by atoms with Gasteiger partial charge in [-0.1, -0.05) is 60.7 Å². The number of nitrogens with one attached hydrogen (secondary N) is 2. The van der Waals surface area contributed by atoms with Crippen LogP contribution >= 0.6 is 24.0 Å². The average molecular weight is 544 g/mol. The highest BCUT2D eigenvalue weighted by Gasteiger charge is 2.29. The Morgan fingerprint density at radius 2 is 1.69 bits per heavy atom. The van der Waals surface area contributed by atoms with Crippen molar-refractivity contribution in [2.45, 2.75) is 45.1 Å². The van der Waals surface area contributed by atoms with Crippen LogP contribution in [-0.2, 0) is 19.6 Å². The summed E-state index contributed by atoms with van der Waals surface area (Å²) in [5.74, 6) is 1.82. The lowest BCUT2D eigenvalue weighted by atomic mass is 10.2. The Labute approximate surface area is 208 Å². The van der Waals surface area contributed by atoms with E-state index in [1.165, 1.54) is 11.1 Å². The predicted molar refractivity (Wildman–Crippen MR) is 141 cm³/mol. The maximum atomic E-state index is 4.53. The van der Waals surface area contributed by atoms with Gasteiger partial charge in [-0.3, -0.25) is 9.89 Å². The summed E-state index contributed by atoms with van der Waals surface area (Å²) in [6.07, 6.45) is 4.99. The molecule has 1 aliphatic rings. The maximum absolute atomic E-state index is 4.53. The number of rotatable bonds is 7. The van der Waals surface area contributed by atoms with Crippen LogP contribution in [0.1, 0.15) is 30.3 Å². The topological polar surface area (TPSA) is 57.5 Å². The number of nitrogens with zero attached hydrogens (tertiary/aromatic N) is 4. The molecule has 0 aliphatic carbocycles. The Hall–Kier alpha value is -2.39. The van der Waals surface area contributed by atoms with Crippen molar-refractivity contribution in [3.05, 3.63) is 90.0 Å². The van der Waals surface area contributed by atoms with Crippen LogP contribution in [0, 0.1) is 0 Å². The van der Waals surface area contributed by atoms with E-state index in [2.05, 4.69) is 91.6 Å². The summed E-state index contributed by atoms with van der Waals surface area (Å²) < 4.78 is 2.18. The Bertz CT molecular complexity index is 972. The van der Waals surface area contributed by atoms with Gasteiger partial charge < -0.3 is 15.2 Å². The van der Waals surface area contributed by atoms with Crippen molar-refractivity contribution in [3.8, 4) is 0 Å². The van der Waals surface area contributed by atoms with Crippen molar-refractivity contribution in [1.82, 2.24) is 25.1 Å². The number of hydrogen-bond acceptors (Lipinski definition) is 3. The van der Waals surface area contributed by atoms with Crippen LogP contribution < -0.4 is 10.6 Å². The summed E-state index contributed by atoms with van der Waals surface area (Å²) in [6.45, 7) is 5.76. The molecular weight excluding hydrogens is 511 g/mol. The van der Waals surface area contributed by atoms with Crippen LogP contribution in [0.25, 0.3) is 0 Å². The van der Waals surface area contributed by atoms with Gasteiger partial charge in [0.25, 0.3) is 0 Å². The summed E-state index contributed by atoms with van der Waals surface area (Å²) in [5.41, 5.74) is 2.63. The highest BCUT2D eigenvalue weighted by atomic mass is 127. The molecule has 1 aromatic heterocycles. The molecule has 0 amide bonds. The largest absolute Gasteiger partial charge is 0.352 e. The van der Waals surface area contributed by atoms with Crippen LogP contribution in [0.15, 0.2) is 78.0 Å². The lowest BCUT2D eigenvalue weighted by Gasteiger charge is -2.21. The van der Waals surface area contributed by atoms with Gasteiger partial charge in [-0.25, -0.2) is 4.98 Å². The lowest BCUT2D eigenvalue weighted by Crippen LogP contribution is -2.44. The van der Waals surface area contributed by atoms with Crippen LogP contribution in [-0.4, -0.2) is 46.1 Å². The summed E-state index contributed by atoms with van der Waals surface area (Å²) in [4.78, 5) is 11.5.